The van der Waals surface area contributed by atoms with Crippen molar-refractivity contribution in [3.05, 3.63) is 28.8 Å². The van der Waals surface area contributed by atoms with Gasteiger partial charge in [-0.1, -0.05) is 25.4 Å². The van der Waals surface area contributed by atoms with Crippen LogP contribution < -0.4 is 5.32 Å². The number of carbonyl (C=O) groups excluding carboxylic acids is 2. The molecule has 156 valence electrons. The summed E-state index contributed by atoms with van der Waals surface area (Å²) in [7, 11) is 1.51. The van der Waals surface area contributed by atoms with Crippen molar-refractivity contribution in [2.24, 2.45) is 5.92 Å². The monoisotopic (exact) mass is 419 g/mol. The topological polar surface area (TPSA) is 52.7 Å². The molecule has 2 amide bonds. The van der Waals surface area contributed by atoms with Crippen LogP contribution in [0.2, 0.25) is 5.02 Å². The lowest BCUT2D eigenvalue weighted by atomic mass is 10.2. The van der Waals surface area contributed by atoms with Gasteiger partial charge in [-0.15, -0.1) is 0 Å². The highest BCUT2D eigenvalue weighted by molar-refractivity contribution is 6.31. The van der Waals surface area contributed by atoms with Gasteiger partial charge in [-0.25, -0.2) is 0 Å². The number of carbonyl (C=O) groups is 2. The Morgan fingerprint density at radius 1 is 1.25 bits per heavy atom. The Hall–Kier alpha value is -1.80. The molecule has 0 heterocycles. The van der Waals surface area contributed by atoms with Crippen LogP contribution in [0.1, 0.15) is 32.3 Å². The number of benzene rings is 1. The molecule has 1 aromatic rings. The van der Waals surface area contributed by atoms with E-state index in [0.29, 0.717) is 12.0 Å². The quantitative estimate of drug-likeness (QED) is 0.695. The number of amides is 2. The zero-order valence-electron chi connectivity index (χ0n) is 16.1. The molecule has 9 heteroatoms. The van der Waals surface area contributed by atoms with Gasteiger partial charge in [-0.2, -0.15) is 13.2 Å². The summed E-state index contributed by atoms with van der Waals surface area (Å²) in [6.45, 7) is 4.95. The summed E-state index contributed by atoms with van der Waals surface area (Å²) in [6.07, 6.45) is -2.47. The molecule has 0 radical (unpaired) electrons. The van der Waals surface area contributed by atoms with Gasteiger partial charge in [0.25, 0.3) is 0 Å². The van der Waals surface area contributed by atoms with Crippen molar-refractivity contribution in [1.29, 1.82) is 0 Å². The number of hydrogen-bond donors (Lipinski definition) is 1. The number of nitrogens with zero attached hydrogens (tertiary/aromatic N) is 2. The van der Waals surface area contributed by atoms with E-state index in [2.05, 4.69) is 24.1 Å². The number of rotatable bonds is 8. The summed E-state index contributed by atoms with van der Waals surface area (Å²) in [5.74, 6) is -0.349. The molecule has 1 N–H and O–H groups in total. The minimum absolute atomic E-state index is 0.0259. The lowest BCUT2D eigenvalue weighted by Crippen LogP contribution is -2.43. The zero-order chi connectivity index (χ0) is 21.1. The Morgan fingerprint density at radius 3 is 2.43 bits per heavy atom. The third kappa shape index (κ3) is 6.67. The SMILES string of the molecule is CC(C)CN(CC(=O)N(C)CC(=O)Nc1ccc(Cl)c(C(F)(F)F)c1)C1CC1. The van der Waals surface area contributed by atoms with Crippen LogP contribution in [0.4, 0.5) is 18.9 Å². The van der Waals surface area contributed by atoms with Crippen LogP contribution in [0.5, 0.6) is 0 Å². The highest BCUT2D eigenvalue weighted by Gasteiger charge is 2.34. The number of likely N-dealkylation sites (N-methyl/N-ethyl adjacent to an activating group) is 1. The van der Waals surface area contributed by atoms with Crippen molar-refractivity contribution in [1.82, 2.24) is 9.80 Å². The van der Waals surface area contributed by atoms with E-state index >= 15 is 0 Å². The van der Waals surface area contributed by atoms with Crippen LogP contribution in [-0.2, 0) is 15.8 Å². The molecule has 1 aliphatic carbocycles. The molecule has 28 heavy (non-hydrogen) atoms. The molecule has 0 bridgehead atoms. The third-order valence-corrected chi connectivity index (χ3v) is 4.69. The van der Waals surface area contributed by atoms with Gasteiger partial charge in [0.2, 0.25) is 11.8 Å². The average Bonchev–Trinajstić information content (AvgIpc) is 3.39. The first kappa shape index (κ1) is 22.5. The fourth-order valence-corrected chi connectivity index (χ4v) is 3.09. The molecule has 1 aromatic carbocycles. The molecule has 0 aliphatic heterocycles. The van der Waals surface area contributed by atoms with Gasteiger partial charge >= 0.3 is 6.18 Å². The van der Waals surface area contributed by atoms with Crippen molar-refractivity contribution in [2.75, 3.05) is 32.0 Å². The fourth-order valence-electron chi connectivity index (χ4n) is 2.87. The van der Waals surface area contributed by atoms with E-state index in [4.69, 9.17) is 11.6 Å². The smallest absolute Gasteiger partial charge is 0.335 e. The van der Waals surface area contributed by atoms with E-state index in [1.165, 1.54) is 18.0 Å². The Labute approximate surface area is 167 Å². The molecule has 0 unspecified atom stereocenters. The minimum Gasteiger partial charge on any atom is -0.335 e. The predicted octanol–water partition coefficient (Wildman–Crippen LogP) is 3.88. The molecule has 5 nitrogen and oxygen atoms in total. The summed E-state index contributed by atoms with van der Waals surface area (Å²) in [6, 6.07) is 3.56. The number of alkyl halides is 3. The van der Waals surface area contributed by atoms with Gasteiger partial charge < -0.3 is 10.2 Å². The molecule has 0 saturated heterocycles. The van der Waals surface area contributed by atoms with Gasteiger partial charge in [-0.3, -0.25) is 14.5 Å². The van der Waals surface area contributed by atoms with Gasteiger partial charge in [0.05, 0.1) is 23.7 Å². The van der Waals surface area contributed by atoms with E-state index < -0.39 is 22.7 Å². The molecule has 1 aliphatic rings. The Morgan fingerprint density at radius 2 is 1.89 bits per heavy atom. The van der Waals surface area contributed by atoms with Gasteiger partial charge in [0.15, 0.2) is 0 Å². The van der Waals surface area contributed by atoms with E-state index in [1.807, 2.05) is 0 Å². The molecule has 1 saturated carbocycles. The van der Waals surface area contributed by atoms with Gasteiger partial charge in [0.1, 0.15) is 0 Å². The summed E-state index contributed by atoms with van der Waals surface area (Å²) in [4.78, 5) is 28.0. The molecular weight excluding hydrogens is 395 g/mol. The van der Waals surface area contributed by atoms with Crippen molar-refractivity contribution in [2.45, 2.75) is 38.9 Å². The highest BCUT2D eigenvalue weighted by atomic mass is 35.5. The maximum absolute atomic E-state index is 12.9. The molecular formula is C19H25ClF3N3O2. The van der Waals surface area contributed by atoms with Crippen LogP contribution in [0.25, 0.3) is 0 Å². The van der Waals surface area contributed by atoms with Gasteiger partial charge in [-0.05, 0) is 37.0 Å². The average molecular weight is 420 g/mol. The first-order chi connectivity index (χ1) is 13.0. The maximum Gasteiger partial charge on any atom is 0.417 e. The summed E-state index contributed by atoms with van der Waals surface area (Å²) in [5, 5.41) is 1.94. The predicted molar refractivity (Wildman–Crippen MR) is 102 cm³/mol. The van der Waals surface area contributed by atoms with E-state index in [9.17, 15) is 22.8 Å². The van der Waals surface area contributed by atoms with E-state index in [0.717, 1.165) is 31.5 Å². The Bertz CT molecular complexity index is 721. The molecule has 1 fully saturated rings. The second-order valence-electron chi connectivity index (χ2n) is 7.54. The first-order valence-electron chi connectivity index (χ1n) is 9.12. The second kappa shape index (κ2) is 9.13. The van der Waals surface area contributed by atoms with Crippen molar-refractivity contribution in [3.63, 3.8) is 0 Å². The Balaban J connectivity index is 1.92. The maximum atomic E-state index is 12.9. The number of anilines is 1. The lowest BCUT2D eigenvalue weighted by Gasteiger charge is -2.26. The number of halogens is 4. The minimum atomic E-state index is -4.62. The largest absolute Gasteiger partial charge is 0.417 e. The van der Waals surface area contributed by atoms with Crippen LogP contribution in [0.3, 0.4) is 0 Å². The zero-order valence-corrected chi connectivity index (χ0v) is 16.9. The molecule has 2 rings (SSSR count). The number of hydrogen-bond acceptors (Lipinski definition) is 3. The normalized spacial score (nSPS) is 14.5. The first-order valence-corrected chi connectivity index (χ1v) is 9.49. The fraction of sp³-hybridized carbons (Fsp3) is 0.579. The summed E-state index contributed by atoms with van der Waals surface area (Å²) >= 11 is 5.57. The van der Waals surface area contributed by atoms with Crippen LogP contribution in [0.15, 0.2) is 18.2 Å². The van der Waals surface area contributed by atoms with Crippen molar-refractivity contribution < 1.29 is 22.8 Å². The van der Waals surface area contributed by atoms with E-state index in [-0.39, 0.29) is 24.7 Å². The Kier molecular flexibility index (Phi) is 7.33. The van der Waals surface area contributed by atoms with E-state index in [1.54, 1.807) is 0 Å². The number of nitrogens with one attached hydrogen (secondary N) is 1. The van der Waals surface area contributed by atoms with Crippen LogP contribution in [0, 0.1) is 5.92 Å². The standard InChI is InChI=1S/C19H25ClF3N3O2/c1-12(2)9-26(14-5-6-14)11-18(28)25(3)10-17(27)24-13-4-7-16(20)15(8-13)19(21,22)23/h4,7-8,12,14H,5-6,9-11H2,1-3H3,(H,24,27). The molecule has 0 aromatic heterocycles. The van der Waals surface area contributed by atoms with Crippen molar-refractivity contribution >= 4 is 29.1 Å². The van der Waals surface area contributed by atoms with Crippen molar-refractivity contribution in [3.8, 4) is 0 Å². The van der Waals surface area contributed by atoms with Crippen LogP contribution in [-0.4, -0.2) is 54.3 Å². The lowest BCUT2D eigenvalue weighted by molar-refractivity contribution is -0.137. The highest BCUT2D eigenvalue weighted by Crippen LogP contribution is 2.36. The summed E-state index contributed by atoms with van der Waals surface area (Å²) in [5.41, 5.74) is -1.05. The third-order valence-electron chi connectivity index (χ3n) is 4.36. The van der Waals surface area contributed by atoms with Crippen LogP contribution >= 0.6 is 11.6 Å². The van der Waals surface area contributed by atoms with Gasteiger partial charge in [0, 0.05) is 25.3 Å². The second-order valence-corrected chi connectivity index (χ2v) is 7.95. The molecule has 0 spiro atoms. The summed E-state index contributed by atoms with van der Waals surface area (Å²) < 4.78 is 38.7. The molecule has 0 atom stereocenters.